The minimum atomic E-state index is 0.694. The average Bonchev–Trinajstić information content (AvgIpc) is 2.45. The number of rotatable bonds is 6. The SMILES string of the molecule is CCc1cc(OCCCc2cccc(N)c2)ccc1Cl. The Hall–Kier alpha value is -1.67. The van der Waals surface area contributed by atoms with Crippen molar-refractivity contribution in [2.24, 2.45) is 0 Å². The van der Waals surface area contributed by atoms with E-state index >= 15 is 0 Å². The molecule has 0 aromatic heterocycles. The van der Waals surface area contributed by atoms with E-state index in [4.69, 9.17) is 22.1 Å². The molecule has 2 aromatic carbocycles. The van der Waals surface area contributed by atoms with Gasteiger partial charge in [0.25, 0.3) is 0 Å². The second kappa shape index (κ2) is 7.20. The highest BCUT2D eigenvalue weighted by molar-refractivity contribution is 6.31. The number of nitrogens with two attached hydrogens (primary N) is 1. The van der Waals surface area contributed by atoms with Crippen molar-refractivity contribution in [3.05, 3.63) is 58.6 Å². The van der Waals surface area contributed by atoms with Gasteiger partial charge in [-0.1, -0.05) is 30.7 Å². The summed E-state index contributed by atoms with van der Waals surface area (Å²) >= 11 is 6.09. The van der Waals surface area contributed by atoms with Gasteiger partial charge in [-0.15, -0.1) is 0 Å². The summed E-state index contributed by atoms with van der Waals surface area (Å²) < 4.78 is 5.77. The molecule has 0 heterocycles. The minimum absolute atomic E-state index is 0.694. The van der Waals surface area contributed by atoms with E-state index in [1.807, 2.05) is 36.4 Å². The zero-order valence-electron chi connectivity index (χ0n) is 11.7. The fraction of sp³-hybridized carbons (Fsp3) is 0.294. The molecule has 0 saturated heterocycles. The number of nitrogen functional groups attached to an aromatic ring is 1. The van der Waals surface area contributed by atoms with Crippen LogP contribution in [-0.2, 0) is 12.8 Å². The second-order valence-corrected chi connectivity index (χ2v) is 5.21. The van der Waals surface area contributed by atoms with Crippen molar-refractivity contribution in [1.82, 2.24) is 0 Å². The molecule has 2 rings (SSSR count). The fourth-order valence-corrected chi connectivity index (χ4v) is 2.38. The number of anilines is 1. The lowest BCUT2D eigenvalue weighted by molar-refractivity contribution is 0.311. The molecule has 0 atom stereocenters. The fourth-order valence-electron chi connectivity index (χ4n) is 2.13. The van der Waals surface area contributed by atoms with Gasteiger partial charge in [0, 0.05) is 10.7 Å². The summed E-state index contributed by atoms with van der Waals surface area (Å²) in [4.78, 5) is 0. The molecule has 0 aliphatic carbocycles. The molecule has 2 nitrogen and oxygen atoms in total. The average molecular weight is 290 g/mol. The van der Waals surface area contributed by atoms with E-state index in [1.54, 1.807) is 0 Å². The topological polar surface area (TPSA) is 35.2 Å². The van der Waals surface area contributed by atoms with E-state index in [9.17, 15) is 0 Å². The lowest BCUT2D eigenvalue weighted by Crippen LogP contribution is -2.00. The van der Waals surface area contributed by atoms with Crippen LogP contribution in [-0.4, -0.2) is 6.61 Å². The van der Waals surface area contributed by atoms with Gasteiger partial charge in [0.1, 0.15) is 5.75 Å². The molecule has 0 aliphatic heterocycles. The smallest absolute Gasteiger partial charge is 0.119 e. The van der Waals surface area contributed by atoms with E-state index in [0.717, 1.165) is 41.3 Å². The molecule has 0 aliphatic rings. The van der Waals surface area contributed by atoms with Crippen molar-refractivity contribution in [3.8, 4) is 5.75 Å². The zero-order valence-corrected chi connectivity index (χ0v) is 12.5. The van der Waals surface area contributed by atoms with Crippen LogP contribution in [0.1, 0.15) is 24.5 Å². The van der Waals surface area contributed by atoms with Crippen LogP contribution in [0, 0.1) is 0 Å². The maximum Gasteiger partial charge on any atom is 0.119 e. The van der Waals surface area contributed by atoms with Crippen LogP contribution in [0.5, 0.6) is 5.75 Å². The van der Waals surface area contributed by atoms with Gasteiger partial charge in [-0.05, 0) is 60.7 Å². The molecular formula is C17H20ClNO. The summed E-state index contributed by atoms with van der Waals surface area (Å²) in [5, 5.41) is 0.805. The normalized spacial score (nSPS) is 10.5. The predicted octanol–water partition coefficient (Wildman–Crippen LogP) is 4.50. The van der Waals surface area contributed by atoms with Crippen LogP contribution in [0.2, 0.25) is 5.02 Å². The van der Waals surface area contributed by atoms with Gasteiger partial charge < -0.3 is 10.5 Å². The Morgan fingerprint density at radius 1 is 1.15 bits per heavy atom. The molecule has 106 valence electrons. The first-order chi connectivity index (χ1) is 9.69. The van der Waals surface area contributed by atoms with Gasteiger partial charge in [-0.3, -0.25) is 0 Å². The molecule has 0 spiro atoms. The van der Waals surface area contributed by atoms with Crippen molar-refractivity contribution >= 4 is 17.3 Å². The third-order valence-corrected chi connectivity index (χ3v) is 3.60. The largest absolute Gasteiger partial charge is 0.494 e. The minimum Gasteiger partial charge on any atom is -0.494 e. The molecule has 0 bridgehead atoms. The Balaban J connectivity index is 1.81. The molecule has 0 amide bonds. The Morgan fingerprint density at radius 2 is 2.00 bits per heavy atom. The lowest BCUT2D eigenvalue weighted by atomic mass is 10.1. The monoisotopic (exact) mass is 289 g/mol. The van der Waals surface area contributed by atoms with Gasteiger partial charge in [0.15, 0.2) is 0 Å². The number of aryl methyl sites for hydroxylation is 2. The van der Waals surface area contributed by atoms with Crippen molar-refractivity contribution < 1.29 is 4.74 Å². The summed E-state index contributed by atoms with van der Waals surface area (Å²) in [5.41, 5.74) is 8.94. The number of halogens is 1. The molecule has 0 fully saturated rings. The Morgan fingerprint density at radius 3 is 2.75 bits per heavy atom. The summed E-state index contributed by atoms with van der Waals surface area (Å²) in [5.74, 6) is 0.888. The first kappa shape index (κ1) is 14.7. The lowest BCUT2D eigenvalue weighted by Gasteiger charge is -2.09. The molecule has 20 heavy (non-hydrogen) atoms. The maximum absolute atomic E-state index is 6.09. The van der Waals surface area contributed by atoms with Crippen LogP contribution < -0.4 is 10.5 Å². The zero-order chi connectivity index (χ0) is 14.4. The Labute approximate surface area is 125 Å². The quantitative estimate of drug-likeness (QED) is 0.628. The first-order valence-electron chi connectivity index (χ1n) is 6.94. The maximum atomic E-state index is 6.09. The highest BCUT2D eigenvalue weighted by Crippen LogP contribution is 2.22. The summed E-state index contributed by atoms with van der Waals surface area (Å²) in [7, 11) is 0. The molecule has 0 saturated carbocycles. The van der Waals surface area contributed by atoms with Crippen molar-refractivity contribution in [2.75, 3.05) is 12.3 Å². The van der Waals surface area contributed by atoms with Crippen molar-refractivity contribution in [1.29, 1.82) is 0 Å². The second-order valence-electron chi connectivity index (χ2n) is 4.80. The van der Waals surface area contributed by atoms with Gasteiger partial charge in [-0.25, -0.2) is 0 Å². The Kier molecular flexibility index (Phi) is 5.31. The van der Waals surface area contributed by atoms with Crippen LogP contribution in [0.25, 0.3) is 0 Å². The number of hydrogen-bond acceptors (Lipinski definition) is 2. The van der Waals surface area contributed by atoms with Gasteiger partial charge in [0.2, 0.25) is 0 Å². The van der Waals surface area contributed by atoms with E-state index in [-0.39, 0.29) is 0 Å². The van der Waals surface area contributed by atoms with Crippen LogP contribution in [0.4, 0.5) is 5.69 Å². The number of benzene rings is 2. The van der Waals surface area contributed by atoms with Crippen LogP contribution in [0.3, 0.4) is 0 Å². The summed E-state index contributed by atoms with van der Waals surface area (Å²) in [6.07, 6.45) is 2.85. The third kappa shape index (κ3) is 4.17. The summed E-state index contributed by atoms with van der Waals surface area (Å²) in [6.45, 7) is 2.78. The van der Waals surface area contributed by atoms with Gasteiger partial charge in [0.05, 0.1) is 6.61 Å². The third-order valence-electron chi connectivity index (χ3n) is 3.23. The predicted molar refractivity (Wildman–Crippen MR) is 85.5 cm³/mol. The Bertz CT molecular complexity index is 569. The number of hydrogen-bond donors (Lipinski definition) is 1. The molecule has 2 aromatic rings. The summed E-state index contributed by atoms with van der Waals surface area (Å²) in [6, 6.07) is 13.8. The van der Waals surface area contributed by atoms with Crippen LogP contribution in [0.15, 0.2) is 42.5 Å². The standard InChI is InChI=1S/C17H20ClNO/c1-2-14-12-16(8-9-17(14)18)20-10-4-6-13-5-3-7-15(19)11-13/h3,5,7-9,11-12H,2,4,6,10,19H2,1H3. The van der Waals surface area contributed by atoms with E-state index in [2.05, 4.69) is 13.0 Å². The van der Waals surface area contributed by atoms with Crippen molar-refractivity contribution in [2.45, 2.75) is 26.2 Å². The first-order valence-corrected chi connectivity index (χ1v) is 7.32. The van der Waals surface area contributed by atoms with Gasteiger partial charge in [-0.2, -0.15) is 0 Å². The molecule has 2 N–H and O–H groups in total. The van der Waals surface area contributed by atoms with E-state index in [1.165, 1.54) is 5.56 Å². The van der Waals surface area contributed by atoms with E-state index in [0.29, 0.717) is 6.61 Å². The van der Waals surface area contributed by atoms with Crippen molar-refractivity contribution in [3.63, 3.8) is 0 Å². The molecule has 0 unspecified atom stereocenters. The molecular weight excluding hydrogens is 270 g/mol. The molecule has 0 radical (unpaired) electrons. The molecule has 3 heteroatoms. The van der Waals surface area contributed by atoms with Crippen LogP contribution >= 0.6 is 11.6 Å². The van der Waals surface area contributed by atoms with Gasteiger partial charge >= 0.3 is 0 Å². The van der Waals surface area contributed by atoms with E-state index < -0.39 is 0 Å². The highest BCUT2D eigenvalue weighted by Gasteiger charge is 2.01. The number of ether oxygens (including phenoxy) is 1. The highest BCUT2D eigenvalue weighted by atomic mass is 35.5.